The van der Waals surface area contributed by atoms with Crippen LogP contribution in [-0.2, 0) is 4.79 Å². The zero-order valence-corrected chi connectivity index (χ0v) is 13.9. The number of benzene rings is 1. The van der Waals surface area contributed by atoms with Crippen LogP contribution in [0.25, 0.3) is 0 Å². The molecular formula is C14H20ClN3O3S. The molecule has 2 unspecified atom stereocenters. The molecule has 1 amide bonds. The number of carbonyl (C=O) groups is 1. The maximum atomic E-state index is 12.3. The Kier molecular flexibility index (Phi) is 7.12. The van der Waals surface area contributed by atoms with Gasteiger partial charge in [0, 0.05) is 30.1 Å². The van der Waals surface area contributed by atoms with Crippen LogP contribution in [0.5, 0.6) is 0 Å². The average molecular weight is 346 g/mol. The number of hydrogen-bond donors (Lipinski definition) is 1. The predicted molar refractivity (Wildman–Crippen MR) is 89.4 cm³/mol. The minimum atomic E-state index is -0.430. The minimum absolute atomic E-state index is 0. The lowest BCUT2D eigenvalue weighted by atomic mass is 10.1. The molecule has 0 aromatic heterocycles. The van der Waals surface area contributed by atoms with Crippen LogP contribution in [0.2, 0.25) is 0 Å². The van der Waals surface area contributed by atoms with E-state index in [9.17, 15) is 14.9 Å². The number of rotatable bonds is 5. The van der Waals surface area contributed by atoms with Crippen LogP contribution in [0.15, 0.2) is 29.2 Å². The quantitative estimate of drug-likeness (QED) is 0.502. The number of nitro groups is 1. The van der Waals surface area contributed by atoms with Crippen LogP contribution in [0.4, 0.5) is 5.69 Å². The molecule has 1 aliphatic rings. The molecule has 0 saturated carbocycles. The Morgan fingerprint density at radius 1 is 1.50 bits per heavy atom. The van der Waals surface area contributed by atoms with Gasteiger partial charge in [-0.3, -0.25) is 14.9 Å². The Bertz CT molecular complexity index is 527. The van der Waals surface area contributed by atoms with Gasteiger partial charge in [0.25, 0.3) is 5.69 Å². The first kappa shape index (κ1) is 18.7. The van der Waals surface area contributed by atoms with Gasteiger partial charge in [-0.1, -0.05) is 0 Å². The molecule has 0 aliphatic carbocycles. The van der Waals surface area contributed by atoms with E-state index in [-0.39, 0.29) is 29.3 Å². The maximum absolute atomic E-state index is 12.3. The van der Waals surface area contributed by atoms with Crippen LogP contribution in [0.3, 0.4) is 0 Å². The molecule has 1 aromatic carbocycles. The van der Waals surface area contributed by atoms with E-state index in [0.717, 1.165) is 24.4 Å². The highest BCUT2D eigenvalue weighted by Crippen LogP contribution is 2.27. The molecule has 6 nitrogen and oxygen atoms in total. The predicted octanol–water partition coefficient (Wildman–Crippen LogP) is 2.30. The van der Waals surface area contributed by atoms with Crippen molar-refractivity contribution in [1.82, 2.24) is 4.90 Å². The molecule has 1 heterocycles. The number of nitrogens with two attached hydrogens (primary N) is 1. The Labute approximate surface area is 140 Å². The SMILES string of the molecule is CC(Sc1ccc([N+](=O)[O-])cc1)C(=O)N1CCC(CN)C1.Cl. The topological polar surface area (TPSA) is 89.5 Å². The fraction of sp³-hybridized carbons (Fsp3) is 0.500. The lowest BCUT2D eigenvalue weighted by Crippen LogP contribution is -2.35. The zero-order valence-electron chi connectivity index (χ0n) is 12.3. The standard InChI is InChI=1S/C14H19N3O3S.ClH/c1-10(14(18)16-7-6-11(8-15)9-16)21-13-4-2-12(3-5-13)17(19)20;/h2-5,10-11H,6-9,15H2,1H3;1H. The Balaban J connectivity index is 0.00000242. The van der Waals surface area contributed by atoms with Crippen LogP contribution in [0.1, 0.15) is 13.3 Å². The number of nitro benzene ring substituents is 1. The lowest BCUT2D eigenvalue weighted by molar-refractivity contribution is -0.384. The van der Waals surface area contributed by atoms with Crippen molar-refractivity contribution in [2.45, 2.75) is 23.5 Å². The summed E-state index contributed by atoms with van der Waals surface area (Å²) in [5, 5.41) is 10.4. The summed E-state index contributed by atoms with van der Waals surface area (Å²) in [5.74, 6) is 0.514. The minimum Gasteiger partial charge on any atom is -0.341 e. The number of hydrogen-bond acceptors (Lipinski definition) is 5. The summed E-state index contributed by atoms with van der Waals surface area (Å²) in [4.78, 5) is 25.2. The molecule has 8 heteroatoms. The lowest BCUT2D eigenvalue weighted by Gasteiger charge is -2.20. The van der Waals surface area contributed by atoms with Crippen molar-refractivity contribution in [1.29, 1.82) is 0 Å². The van der Waals surface area contributed by atoms with Crippen LogP contribution in [0, 0.1) is 16.0 Å². The van der Waals surface area contributed by atoms with Gasteiger partial charge in [0.2, 0.25) is 5.91 Å². The molecule has 1 aromatic rings. The average Bonchev–Trinajstić information content (AvgIpc) is 2.95. The van der Waals surface area contributed by atoms with E-state index in [2.05, 4.69) is 0 Å². The Hall–Kier alpha value is -1.31. The van der Waals surface area contributed by atoms with Crippen molar-refractivity contribution in [2.24, 2.45) is 11.7 Å². The van der Waals surface area contributed by atoms with Gasteiger partial charge in [0.05, 0.1) is 10.2 Å². The third-order valence-electron chi connectivity index (χ3n) is 3.64. The summed E-state index contributed by atoms with van der Waals surface area (Å²) in [7, 11) is 0. The molecule has 0 spiro atoms. The second kappa shape index (κ2) is 8.36. The first-order valence-electron chi connectivity index (χ1n) is 6.91. The van der Waals surface area contributed by atoms with E-state index in [1.54, 1.807) is 12.1 Å². The largest absolute Gasteiger partial charge is 0.341 e. The third-order valence-corrected chi connectivity index (χ3v) is 4.74. The summed E-state index contributed by atoms with van der Waals surface area (Å²) in [6.45, 7) is 3.99. The highest BCUT2D eigenvalue weighted by Gasteiger charge is 2.28. The van der Waals surface area contributed by atoms with Gasteiger partial charge in [0.15, 0.2) is 0 Å². The normalized spacial score (nSPS) is 18.6. The fourth-order valence-corrected chi connectivity index (χ4v) is 3.33. The van der Waals surface area contributed by atoms with Crippen LogP contribution < -0.4 is 5.73 Å². The highest BCUT2D eigenvalue weighted by atomic mass is 35.5. The number of amides is 1. The molecule has 1 fully saturated rings. The molecule has 0 bridgehead atoms. The first-order chi connectivity index (χ1) is 10.0. The molecule has 0 radical (unpaired) electrons. The number of nitrogens with zero attached hydrogens (tertiary/aromatic N) is 2. The Morgan fingerprint density at radius 3 is 2.64 bits per heavy atom. The highest BCUT2D eigenvalue weighted by molar-refractivity contribution is 8.00. The molecule has 122 valence electrons. The number of likely N-dealkylation sites (tertiary alicyclic amines) is 1. The van der Waals surface area contributed by atoms with Gasteiger partial charge >= 0.3 is 0 Å². The smallest absolute Gasteiger partial charge is 0.269 e. The van der Waals surface area contributed by atoms with Crippen molar-refractivity contribution in [3.63, 3.8) is 0 Å². The van der Waals surface area contributed by atoms with Gasteiger partial charge in [-0.05, 0) is 37.9 Å². The third kappa shape index (κ3) is 4.59. The molecule has 1 saturated heterocycles. The number of halogens is 1. The van der Waals surface area contributed by atoms with Crippen molar-refractivity contribution in [3.05, 3.63) is 34.4 Å². The summed E-state index contributed by atoms with van der Waals surface area (Å²) in [5.41, 5.74) is 5.70. The van der Waals surface area contributed by atoms with E-state index >= 15 is 0 Å². The second-order valence-electron chi connectivity index (χ2n) is 5.19. The van der Waals surface area contributed by atoms with Crippen molar-refractivity contribution in [2.75, 3.05) is 19.6 Å². The zero-order chi connectivity index (χ0) is 15.4. The molecule has 2 rings (SSSR count). The van der Waals surface area contributed by atoms with Crippen molar-refractivity contribution < 1.29 is 9.72 Å². The van der Waals surface area contributed by atoms with E-state index in [0.29, 0.717) is 12.5 Å². The summed E-state index contributed by atoms with van der Waals surface area (Å²) in [6, 6.07) is 6.28. The van der Waals surface area contributed by atoms with Crippen molar-refractivity contribution in [3.8, 4) is 0 Å². The monoisotopic (exact) mass is 345 g/mol. The summed E-state index contributed by atoms with van der Waals surface area (Å²) >= 11 is 1.42. The van der Waals surface area contributed by atoms with E-state index < -0.39 is 4.92 Å². The van der Waals surface area contributed by atoms with Crippen molar-refractivity contribution >= 4 is 35.8 Å². The number of thioether (sulfide) groups is 1. The van der Waals surface area contributed by atoms with Gasteiger partial charge in [-0.25, -0.2) is 0 Å². The summed E-state index contributed by atoms with van der Waals surface area (Å²) in [6.07, 6.45) is 0.969. The van der Waals surface area contributed by atoms with Gasteiger partial charge < -0.3 is 10.6 Å². The first-order valence-corrected chi connectivity index (χ1v) is 7.79. The number of carbonyl (C=O) groups excluding carboxylic acids is 1. The summed E-state index contributed by atoms with van der Waals surface area (Å²) < 4.78 is 0. The van der Waals surface area contributed by atoms with Gasteiger partial charge in [-0.2, -0.15) is 0 Å². The van der Waals surface area contributed by atoms with Gasteiger partial charge in [0.1, 0.15) is 0 Å². The fourth-order valence-electron chi connectivity index (χ4n) is 2.38. The second-order valence-corrected chi connectivity index (χ2v) is 6.60. The number of non-ortho nitro benzene ring substituents is 1. The Morgan fingerprint density at radius 2 is 2.14 bits per heavy atom. The molecular weight excluding hydrogens is 326 g/mol. The molecule has 2 atom stereocenters. The van der Waals surface area contributed by atoms with E-state index in [1.807, 2.05) is 11.8 Å². The molecule has 22 heavy (non-hydrogen) atoms. The van der Waals surface area contributed by atoms with E-state index in [4.69, 9.17) is 5.73 Å². The van der Waals surface area contributed by atoms with Crippen LogP contribution >= 0.6 is 24.2 Å². The van der Waals surface area contributed by atoms with E-state index in [1.165, 1.54) is 23.9 Å². The molecule has 2 N–H and O–H groups in total. The maximum Gasteiger partial charge on any atom is 0.269 e. The van der Waals surface area contributed by atoms with Gasteiger partial charge in [-0.15, -0.1) is 24.2 Å². The van der Waals surface area contributed by atoms with Crippen LogP contribution in [-0.4, -0.2) is 40.6 Å². The molecule has 1 aliphatic heterocycles.